The summed E-state index contributed by atoms with van der Waals surface area (Å²) >= 11 is 0. The van der Waals surface area contributed by atoms with Gasteiger partial charge in [-0.05, 0) is 48.0 Å². The molecule has 4 aliphatic heterocycles. The molecule has 3 fully saturated rings. The van der Waals surface area contributed by atoms with Gasteiger partial charge in [0.05, 0.1) is 30.0 Å². The maximum atomic E-state index is 11.6. The quantitative estimate of drug-likeness (QED) is 0.330. The number of ether oxygens (including phenoxy) is 3. The van der Waals surface area contributed by atoms with Crippen molar-refractivity contribution in [2.75, 3.05) is 6.61 Å². The van der Waals surface area contributed by atoms with Crippen LogP contribution in [0.3, 0.4) is 0 Å². The van der Waals surface area contributed by atoms with Gasteiger partial charge in [-0.25, -0.2) is 4.79 Å². The lowest BCUT2D eigenvalue weighted by Gasteiger charge is -2.32. The van der Waals surface area contributed by atoms with Gasteiger partial charge < -0.3 is 38.8 Å². The average Bonchev–Trinajstić information content (AvgIpc) is 3.64. The fourth-order valence-electron chi connectivity index (χ4n) is 4.75. The second-order valence-corrected chi connectivity index (χ2v) is 11.9. The van der Waals surface area contributed by atoms with Gasteiger partial charge in [0.2, 0.25) is 0 Å². The van der Waals surface area contributed by atoms with Crippen LogP contribution in [-0.4, -0.2) is 90.4 Å². The molecule has 0 aliphatic carbocycles. The number of aromatic amines is 1. The number of aromatic nitrogens is 4. The number of aryl methyl sites for hydroxylation is 2. The predicted octanol–water partition coefficient (Wildman–Crippen LogP) is -0.409. The van der Waals surface area contributed by atoms with E-state index < -0.39 is 41.9 Å². The molecule has 15 nitrogen and oxygen atoms in total. The van der Waals surface area contributed by atoms with Gasteiger partial charge in [0.1, 0.15) is 18.4 Å². The van der Waals surface area contributed by atoms with E-state index in [1.54, 1.807) is 24.6 Å². The maximum Gasteiger partial charge on any atom is 0.488 e. The van der Waals surface area contributed by atoms with Crippen molar-refractivity contribution in [1.82, 2.24) is 19.1 Å². The van der Waals surface area contributed by atoms with Gasteiger partial charge in [-0.15, -0.1) is 0 Å². The van der Waals surface area contributed by atoms with Crippen molar-refractivity contribution in [3.8, 4) is 6.01 Å². The lowest BCUT2D eigenvalue weighted by atomic mass is 9.90. The minimum atomic E-state index is -0.816. The smallest absolute Gasteiger partial charge is 0.453 e. The van der Waals surface area contributed by atoms with Crippen molar-refractivity contribution < 1.29 is 38.8 Å². The van der Waals surface area contributed by atoms with Crippen LogP contribution in [0.2, 0.25) is 0 Å². The van der Waals surface area contributed by atoms with Crippen molar-refractivity contribution in [3.63, 3.8) is 0 Å². The Morgan fingerprint density at radius 1 is 1.00 bits per heavy atom. The standard InChI is InChI=1S/C11H14N2O4.C10H14N2O5.C6H12BO2/c1-3-6-7(14)8-10(16-6)13-4-5(2)9(15)12-11(13)17-8;1-5-3-12(10(16)11-9(5)15)8-2-6(14)7(4-13)17-8;1-5(2)6(3,4)9-7-8-5/h4,6-8,10,14H,3H2,1-2H3;3,6-8,13-14H,2,4H2,1H3,(H,11,15,16);1-4H3/t6-,7?,8-,10-;6?,7-,8-;/m11./s1. The third kappa shape index (κ3) is 6.65. The van der Waals surface area contributed by atoms with Crippen molar-refractivity contribution in [1.29, 1.82) is 0 Å². The van der Waals surface area contributed by atoms with E-state index in [-0.39, 0.29) is 48.1 Å². The van der Waals surface area contributed by atoms with Crippen LogP contribution < -0.4 is 21.5 Å². The molecule has 0 bridgehead atoms. The second-order valence-electron chi connectivity index (χ2n) is 11.9. The minimum absolute atomic E-state index is 0.187. The van der Waals surface area contributed by atoms with E-state index in [0.717, 1.165) is 6.42 Å². The molecule has 4 N–H and O–H groups in total. The molecule has 2 aromatic rings. The van der Waals surface area contributed by atoms with E-state index in [1.807, 2.05) is 34.6 Å². The second kappa shape index (κ2) is 12.6. The van der Waals surface area contributed by atoms with Gasteiger partial charge >= 0.3 is 19.4 Å². The maximum absolute atomic E-state index is 11.6. The largest absolute Gasteiger partial charge is 0.488 e. The van der Waals surface area contributed by atoms with E-state index in [4.69, 9.17) is 28.6 Å². The number of hydrogen-bond donors (Lipinski definition) is 4. The highest BCUT2D eigenvalue weighted by Gasteiger charge is 2.50. The highest BCUT2D eigenvalue weighted by atomic mass is 16.7. The molecule has 2 aromatic heterocycles. The number of hydrogen-bond acceptors (Lipinski definition) is 12. The zero-order valence-electron chi connectivity index (χ0n) is 25.3. The summed E-state index contributed by atoms with van der Waals surface area (Å²) in [4.78, 5) is 40.1. The van der Waals surface area contributed by atoms with Crippen molar-refractivity contribution >= 4 is 7.69 Å². The topological polar surface area (TPSA) is 197 Å². The van der Waals surface area contributed by atoms with Gasteiger partial charge in [-0.1, -0.05) is 6.92 Å². The molecule has 0 aromatic carbocycles. The molecule has 43 heavy (non-hydrogen) atoms. The van der Waals surface area contributed by atoms with Crippen LogP contribution in [0.4, 0.5) is 0 Å². The molecular weight excluding hydrogens is 567 g/mol. The number of H-pyrrole nitrogens is 1. The summed E-state index contributed by atoms with van der Waals surface area (Å²) in [6.07, 6.45) is 0.0629. The molecule has 1 radical (unpaired) electrons. The zero-order chi connectivity index (χ0) is 31.9. The Kier molecular flexibility index (Phi) is 9.71. The van der Waals surface area contributed by atoms with Gasteiger partial charge in [0, 0.05) is 29.9 Å². The monoisotopic (exact) mass is 607 g/mol. The van der Waals surface area contributed by atoms with Crippen LogP contribution in [0.5, 0.6) is 6.01 Å². The van der Waals surface area contributed by atoms with Crippen molar-refractivity contribution in [2.45, 2.75) is 115 Å². The van der Waals surface area contributed by atoms with Crippen LogP contribution >= 0.6 is 0 Å². The molecule has 6 rings (SSSR count). The van der Waals surface area contributed by atoms with Crippen LogP contribution in [0, 0.1) is 13.8 Å². The normalized spacial score (nSPS) is 31.1. The summed E-state index contributed by atoms with van der Waals surface area (Å²) in [5.41, 5.74) is -0.788. The summed E-state index contributed by atoms with van der Waals surface area (Å²) in [5, 5.41) is 28.5. The Labute approximate surface area is 248 Å². The number of fused-ring (bicyclic) bond motifs is 3. The SMILES string of the molecule is CC1(C)O[B]OC1(C)C.CC[C@H]1O[C@@H]2[C@H](Oc3nc(=O)c(C)cn32)C1O.Cc1cn([C@H]2CC(O)[C@@H](CO)O2)c(=O)[nH]c1=O. The number of nitrogens with zero attached hydrogens (tertiary/aromatic N) is 3. The van der Waals surface area contributed by atoms with Gasteiger partial charge in [-0.3, -0.25) is 23.7 Å². The highest BCUT2D eigenvalue weighted by molar-refractivity contribution is 6.19. The van der Waals surface area contributed by atoms with Crippen molar-refractivity contribution in [3.05, 3.63) is 54.7 Å². The minimum Gasteiger partial charge on any atom is -0.453 e. The van der Waals surface area contributed by atoms with E-state index in [2.05, 4.69) is 9.97 Å². The van der Waals surface area contributed by atoms with E-state index in [1.165, 1.54) is 18.4 Å². The van der Waals surface area contributed by atoms with Crippen LogP contribution in [0.25, 0.3) is 0 Å². The predicted molar refractivity (Wildman–Crippen MR) is 152 cm³/mol. The molecule has 0 spiro atoms. The van der Waals surface area contributed by atoms with Crippen LogP contribution in [-0.2, 0) is 18.8 Å². The number of nitrogens with one attached hydrogen (secondary N) is 1. The van der Waals surface area contributed by atoms with E-state index in [0.29, 0.717) is 11.1 Å². The average molecular weight is 607 g/mol. The van der Waals surface area contributed by atoms with Gasteiger partial charge in [0.25, 0.3) is 11.1 Å². The van der Waals surface area contributed by atoms with Gasteiger partial charge in [-0.2, -0.15) is 4.98 Å². The number of rotatable bonds is 3. The third-order valence-electron chi connectivity index (χ3n) is 8.29. The number of aliphatic hydroxyl groups is 3. The summed E-state index contributed by atoms with van der Waals surface area (Å²) in [6, 6.07) is 0.226. The molecule has 16 heteroatoms. The first kappa shape index (κ1) is 33.0. The lowest BCUT2D eigenvalue weighted by Crippen LogP contribution is -2.41. The Hall–Kier alpha value is -2.86. The first-order chi connectivity index (χ1) is 20.1. The van der Waals surface area contributed by atoms with Crippen LogP contribution in [0.1, 0.15) is 71.0 Å². The first-order valence-electron chi connectivity index (χ1n) is 14.1. The first-order valence-corrected chi connectivity index (χ1v) is 14.1. The number of aliphatic hydroxyl groups excluding tert-OH is 3. The molecule has 7 atom stereocenters. The molecule has 3 saturated heterocycles. The summed E-state index contributed by atoms with van der Waals surface area (Å²) in [6.45, 7) is 12.9. The third-order valence-corrected chi connectivity index (χ3v) is 8.29. The molecule has 2 unspecified atom stereocenters. The fourth-order valence-corrected chi connectivity index (χ4v) is 4.75. The molecular formula is C27H40BN4O11. The van der Waals surface area contributed by atoms with E-state index in [9.17, 15) is 24.6 Å². The Bertz CT molecular complexity index is 1460. The van der Waals surface area contributed by atoms with Crippen molar-refractivity contribution in [2.24, 2.45) is 0 Å². The van der Waals surface area contributed by atoms with E-state index >= 15 is 0 Å². The zero-order valence-corrected chi connectivity index (χ0v) is 25.3. The molecule has 0 saturated carbocycles. The molecule has 6 heterocycles. The molecule has 0 amide bonds. The summed E-state index contributed by atoms with van der Waals surface area (Å²) in [5.74, 6) is 0. The highest BCUT2D eigenvalue weighted by Crippen LogP contribution is 2.39. The lowest BCUT2D eigenvalue weighted by molar-refractivity contribution is -0.0459. The molecule has 4 aliphatic rings. The summed E-state index contributed by atoms with van der Waals surface area (Å²) < 4.78 is 29.8. The Balaban J connectivity index is 0.000000155. The summed E-state index contributed by atoms with van der Waals surface area (Å²) in [7, 11) is 1.42. The van der Waals surface area contributed by atoms with Gasteiger partial charge in [0.15, 0.2) is 12.3 Å². The fraction of sp³-hybridized carbons (Fsp3) is 0.704. The molecule has 237 valence electrons. The Morgan fingerprint density at radius 2 is 1.63 bits per heavy atom. The Morgan fingerprint density at radius 3 is 2.16 bits per heavy atom. The van der Waals surface area contributed by atoms with Crippen LogP contribution in [0.15, 0.2) is 26.8 Å².